The Labute approximate surface area is 252 Å². The van der Waals surface area contributed by atoms with Gasteiger partial charge in [-0.05, 0) is 82.0 Å². The van der Waals surface area contributed by atoms with Crippen molar-refractivity contribution in [1.82, 2.24) is 14.4 Å². The minimum absolute atomic E-state index is 0.00448. The van der Waals surface area contributed by atoms with E-state index in [1.165, 1.54) is 13.2 Å². The molecule has 0 aliphatic carbocycles. The standard InChI is InChI=1S/C33H41N3O7/c1-22-18-26(31(38)40-5)25-7-9-30(37)35(27(25)19-22)15-14-34-12-10-24(11-13-34)36(32(39)43-33(2,3)4)21-23-6-8-28-29(20-23)42-17-16-41-28/h6-9,18-20,24H,10-17,21H2,1-5H3. The first-order valence-electron chi connectivity index (χ1n) is 14.9. The van der Waals surface area contributed by atoms with E-state index in [4.69, 9.17) is 18.9 Å². The second-order valence-corrected chi connectivity index (χ2v) is 12.2. The summed E-state index contributed by atoms with van der Waals surface area (Å²) in [6.07, 6.45) is 1.22. The van der Waals surface area contributed by atoms with Crippen molar-refractivity contribution >= 4 is 23.0 Å². The summed E-state index contributed by atoms with van der Waals surface area (Å²) in [5.74, 6) is 0.987. The first-order chi connectivity index (χ1) is 20.5. The Hall–Kier alpha value is -4.05. The van der Waals surface area contributed by atoms with Gasteiger partial charge in [-0.25, -0.2) is 9.59 Å². The van der Waals surface area contributed by atoms with Crippen LogP contribution in [0.1, 0.15) is 55.1 Å². The lowest BCUT2D eigenvalue weighted by atomic mass is 10.0. The molecule has 2 aliphatic rings. The highest BCUT2D eigenvalue weighted by molar-refractivity contribution is 6.03. The van der Waals surface area contributed by atoms with E-state index in [0.29, 0.717) is 55.3 Å². The number of methoxy groups -OCH3 is 1. The molecule has 0 radical (unpaired) electrons. The van der Waals surface area contributed by atoms with Gasteiger partial charge in [-0.1, -0.05) is 6.07 Å². The molecule has 1 fully saturated rings. The maximum absolute atomic E-state index is 13.4. The molecule has 0 spiro atoms. The number of piperidine rings is 1. The quantitative estimate of drug-likeness (QED) is 0.363. The van der Waals surface area contributed by atoms with Crippen molar-refractivity contribution in [2.75, 3.05) is 40.0 Å². The lowest BCUT2D eigenvalue weighted by molar-refractivity contribution is 0.00561. The Morgan fingerprint density at radius 3 is 2.40 bits per heavy atom. The lowest BCUT2D eigenvalue weighted by Crippen LogP contribution is -2.49. The van der Waals surface area contributed by atoms with Gasteiger partial charge in [0.25, 0.3) is 5.56 Å². The van der Waals surface area contributed by atoms with Crippen LogP contribution in [-0.2, 0) is 22.6 Å². The first-order valence-corrected chi connectivity index (χ1v) is 14.9. The maximum Gasteiger partial charge on any atom is 0.410 e. The normalized spacial score (nSPS) is 15.7. The molecule has 3 aromatic rings. The number of aromatic nitrogens is 1. The van der Waals surface area contributed by atoms with E-state index < -0.39 is 11.6 Å². The van der Waals surface area contributed by atoms with Crippen LogP contribution in [-0.4, -0.2) is 78.0 Å². The van der Waals surface area contributed by atoms with Gasteiger partial charge in [0, 0.05) is 50.2 Å². The van der Waals surface area contributed by atoms with E-state index in [1.54, 1.807) is 16.7 Å². The highest BCUT2D eigenvalue weighted by Gasteiger charge is 2.31. The summed E-state index contributed by atoms with van der Waals surface area (Å²) in [6.45, 7) is 11.7. The average Bonchev–Trinajstić information content (AvgIpc) is 2.98. The van der Waals surface area contributed by atoms with Crippen LogP contribution in [0.4, 0.5) is 4.79 Å². The Balaban J connectivity index is 1.28. The predicted octanol–water partition coefficient (Wildman–Crippen LogP) is 4.77. The number of carbonyl (C=O) groups excluding carboxylic acids is 2. The molecular weight excluding hydrogens is 550 g/mol. The van der Waals surface area contributed by atoms with E-state index in [1.807, 2.05) is 56.9 Å². The molecule has 3 heterocycles. The summed E-state index contributed by atoms with van der Waals surface area (Å²) in [7, 11) is 1.36. The zero-order valence-corrected chi connectivity index (χ0v) is 25.7. The van der Waals surface area contributed by atoms with Gasteiger partial charge in [0.1, 0.15) is 18.8 Å². The average molecular weight is 592 g/mol. The Morgan fingerprint density at radius 1 is 0.977 bits per heavy atom. The molecular formula is C33H41N3O7. The number of pyridine rings is 1. The van der Waals surface area contributed by atoms with Crippen molar-refractivity contribution in [2.24, 2.45) is 0 Å². The third-order valence-electron chi connectivity index (χ3n) is 7.88. The van der Waals surface area contributed by atoms with E-state index in [-0.39, 0.29) is 17.7 Å². The molecule has 5 rings (SSSR count). The summed E-state index contributed by atoms with van der Waals surface area (Å²) in [4.78, 5) is 42.9. The second-order valence-electron chi connectivity index (χ2n) is 12.2. The van der Waals surface area contributed by atoms with Crippen LogP contribution >= 0.6 is 0 Å². The minimum Gasteiger partial charge on any atom is -0.486 e. The number of carbonyl (C=O) groups is 2. The van der Waals surface area contributed by atoms with E-state index in [2.05, 4.69) is 4.90 Å². The van der Waals surface area contributed by atoms with Gasteiger partial charge in [0.15, 0.2) is 11.5 Å². The summed E-state index contributed by atoms with van der Waals surface area (Å²) < 4.78 is 23.9. The molecule has 230 valence electrons. The van der Waals surface area contributed by atoms with Gasteiger partial charge in [0.2, 0.25) is 0 Å². The zero-order chi connectivity index (χ0) is 30.7. The summed E-state index contributed by atoms with van der Waals surface area (Å²) >= 11 is 0. The number of fused-ring (bicyclic) bond motifs is 2. The number of ether oxygens (including phenoxy) is 4. The van der Waals surface area contributed by atoms with Crippen LogP contribution in [0.3, 0.4) is 0 Å². The van der Waals surface area contributed by atoms with Crippen LogP contribution < -0.4 is 15.0 Å². The number of amides is 1. The van der Waals surface area contributed by atoms with Crippen LogP contribution in [0.2, 0.25) is 0 Å². The zero-order valence-electron chi connectivity index (χ0n) is 25.7. The smallest absolute Gasteiger partial charge is 0.410 e. The molecule has 10 heteroatoms. The molecule has 43 heavy (non-hydrogen) atoms. The molecule has 2 aromatic carbocycles. The molecule has 0 bridgehead atoms. The molecule has 0 saturated carbocycles. The van der Waals surface area contributed by atoms with Gasteiger partial charge in [-0.15, -0.1) is 0 Å². The largest absolute Gasteiger partial charge is 0.486 e. The number of esters is 1. The fourth-order valence-corrected chi connectivity index (χ4v) is 5.79. The number of rotatable bonds is 7. The number of benzene rings is 2. The highest BCUT2D eigenvalue weighted by Crippen LogP contribution is 2.32. The van der Waals surface area contributed by atoms with Crippen LogP contribution in [0.25, 0.3) is 10.9 Å². The Bertz CT molecular complexity index is 1550. The molecule has 1 amide bonds. The third-order valence-corrected chi connectivity index (χ3v) is 7.88. The van der Waals surface area contributed by atoms with Crippen LogP contribution in [0.5, 0.6) is 11.5 Å². The third kappa shape index (κ3) is 7.13. The van der Waals surface area contributed by atoms with Crippen molar-refractivity contribution in [3.05, 3.63) is 69.5 Å². The van der Waals surface area contributed by atoms with Crippen molar-refractivity contribution < 1.29 is 28.5 Å². The van der Waals surface area contributed by atoms with E-state index in [0.717, 1.165) is 42.6 Å². The van der Waals surface area contributed by atoms with Crippen LogP contribution in [0.15, 0.2) is 47.3 Å². The molecule has 10 nitrogen and oxygen atoms in total. The predicted molar refractivity (Wildman–Crippen MR) is 163 cm³/mol. The topological polar surface area (TPSA) is 99.5 Å². The van der Waals surface area contributed by atoms with Crippen molar-refractivity contribution in [3.63, 3.8) is 0 Å². The fraction of sp³-hybridized carbons (Fsp3) is 0.485. The molecule has 0 atom stereocenters. The Morgan fingerprint density at radius 2 is 1.70 bits per heavy atom. The number of nitrogens with zero attached hydrogens (tertiary/aromatic N) is 3. The van der Waals surface area contributed by atoms with E-state index >= 15 is 0 Å². The van der Waals surface area contributed by atoms with Crippen molar-refractivity contribution in [1.29, 1.82) is 0 Å². The second kappa shape index (κ2) is 12.7. The monoisotopic (exact) mass is 591 g/mol. The Kier molecular flexibility index (Phi) is 8.96. The molecule has 2 aliphatic heterocycles. The van der Waals surface area contributed by atoms with Gasteiger partial charge >= 0.3 is 12.1 Å². The van der Waals surface area contributed by atoms with Crippen molar-refractivity contribution in [2.45, 2.75) is 65.3 Å². The number of hydrogen-bond acceptors (Lipinski definition) is 8. The van der Waals surface area contributed by atoms with Gasteiger partial charge in [-0.3, -0.25) is 4.79 Å². The van der Waals surface area contributed by atoms with Gasteiger partial charge < -0.3 is 33.3 Å². The first kappa shape index (κ1) is 30.4. The van der Waals surface area contributed by atoms with Gasteiger partial charge in [-0.2, -0.15) is 0 Å². The van der Waals surface area contributed by atoms with Crippen molar-refractivity contribution in [3.8, 4) is 11.5 Å². The van der Waals surface area contributed by atoms with Gasteiger partial charge in [0.05, 0.1) is 18.2 Å². The fourth-order valence-electron chi connectivity index (χ4n) is 5.79. The number of aryl methyl sites for hydroxylation is 1. The summed E-state index contributed by atoms with van der Waals surface area (Å²) in [6, 6.07) is 12.7. The molecule has 1 saturated heterocycles. The summed E-state index contributed by atoms with van der Waals surface area (Å²) in [5.41, 5.74) is 2.29. The molecule has 0 N–H and O–H groups in total. The molecule has 0 unspecified atom stereocenters. The number of hydrogen-bond donors (Lipinski definition) is 0. The van der Waals surface area contributed by atoms with Crippen LogP contribution in [0, 0.1) is 6.92 Å². The lowest BCUT2D eigenvalue weighted by Gasteiger charge is -2.39. The molecule has 1 aromatic heterocycles. The maximum atomic E-state index is 13.4. The van der Waals surface area contributed by atoms with E-state index in [9.17, 15) is 14.4 Å². The highest BCUT2D eigenvalue weighted by atomic mass is 16.6. The minimum atomic E-state index is -0.610. The number of likely N-dealkylation sites (tertiary alicyclic amines) is 1. The SMILES string of the molecule is COC(=O)c1cc(C)cc2c1ccc(=O)n2CCN1CCC(N(Cc2ccc3c(c2)OCCO3)C(=O)OC(C)(C)C)CC1. The summed E-state index contributed by atoms with van der Waals surface area (Å²) in [5, 5.41) is 0.697.